The van der Waals surface area contributed by atoms with Gasteiger partial charge < -0.3 is 10.1 Å². The Hall–Kier alpha value is -3.06. The van der Waals surface area contributed by atoms with E-state index in [4.69, 9.17) is 4.74 Å². The standard InChI is InChI=1S/C19H19N3O3S/c1-2-25-17-11-8-15(9-12-17)21-19-13-10-16(14-20-19)22-26(23,24)18-6-4-3-5-7-18/h3-14,22H,2H2,1H3,(H,20,21). The van der Waals surface area contributed by atoms with Crippen LogP contribution in [0.15, 0.2) is 77.8 Å². The molecule has 0 saturated heterocycles. The summed E-state index contributed by atoms with van der Waals surface area (Å²) < 4.78 is 32.5. The van der Waals surface area contributed by atoms with Gasteiger partial charge in [0, 0.05) is 5.69 Å². The number of nitrogens with one attached hydrogen (secondary N) is 2. The third-order valence-electron chi connectivity index (χ3n) is 3.51. The molecular formula is C19H19N3O3S. The fourth-order valence-corrected chi connectivity index (χ4v) is 3.36. The van der Waals surface area contributed by atoms with Gasteiger partial charge in [0.25, 0.3) is 10.0 Å². The largest absolute Gasteiger partial charge is 0.494 e. The zero-order valence-electron chi connectivity index (χ0n) is 14.2. The molecule has 2 N–H and O–H groups in total. The maximum absolute atomic E-state index is 12.3. The van der Waals surface area contributed by atoms with Crippen molar-refractivity contribution >= 4 is 27.2 Å². The van der Waals surface area contributed by atoms with Crippen molar-refractivity contribution in [3.8, 4) is 5.75 Å². The highest BCUT2D eigenvalue weighted by Crippen LogP contribution is 2.21. The second-order valence-electron chi connectivity index (χ2n) is 5.43. The number of aromatic nitrogens is 1. The molecule has 7 heteroatoms. The molecule has 134 valence electrons. The van der Waals surface area contributed by atoms with Crippen molar-refractivity contribution < 1.29 is 13.2 Å². The summed E-state index contributed by atoms with van der Waals surface area (Å²) in [5.41, 5.74) is 1.25. The maximum atomic E-state index is 12.3. The van der Waals surface area contributed by atoms with E-state index in [0.717, 1.165) is 11.4 Å². The van der Waals surface area contributed by atoms with Crippen LogP contribution in [0.25, 0.3) is 0 Å². The average Bonchev–Trinajstić information content (AvgIpc) is 2.66. The first kappa shape index (κ1) is 17.8. The first-order valence-electron chi connectivity index (χ1n) is 8.10. The molecule has 3 rings (SSSR count). The Labute approximate surface area is 152 Å². The second kappa shape index (κ2) is 7.88. The van der Waals surface area contributed by atoms with Crippen molar-refractivity contribution in [3.63, 3.8) is 0 Å². The maximum Gasteiger partial charge on any atom is 0.261 e. The molecule has 6 nitrogen and oxygen atoms in total. The monoisotopic (exact) mass is 369 g/mol. The molecule has 0 aliphatic carbocycles. The van der Waals surface area contributed by atoms with Gasteiger partial charge in [0.05, 0.1) is 23.4 Å². The summed E-state index contributed by atoms with van der Waals surface area (Å²) in [6.45, 7) is 2.55. The van der Waals surface area contributed by atoms with Gasteiger partial charge >= 0.3 is 0 Å². The molecule has 0 atom stereocenters. The first-order chi connectivity index (χ1) is 12.6. The molecule has 0 spiro atoms. The number of ether oxygens (including phenoxy) is 1. The van der Waals surface area contributed by atoms with Crippen molar-refractivity contribution in [1.29, 1.82) is 0 Å². The second-order valence-corrected chi connectivity index (χ2v) is 7.12. The van der Waals surface area contributed by atoms with Crippen LogP contribution in [0.4, 0.5) is 17.2 Å². The number of benzene rings is 2. The van der Waals surface area contributed by atoms with Crippen LogP contribution in [0.2, 0.25) is 0 Å². The molecule has 0 aliphatic heterocycles. The Bertz CT molecular complexity index is 942. The van der Waals surface area contributed by atoms with E-state index in [1.54, 1.807) is 30.3 Å². The topological polar surface area (TPSA) is 80.3 Å². The molecule has 0 aliphatic rings. The van der Waals surface area contributed by atoms with E-state index in [0.29, 0.717) is 18.1 Å². The Morgan fingerprint density at radius 3 is 2.23 bits per heavy atom. The zero-order valence-corrected chi connectivity index (χ0v) is 15.0. The van der Waals surface area contributed by atoms with Crippen molar-refractivity contribution in [1.82, 2.24) is 4.98 Å². The van der Waals surface area contributed by atoms with Gasteiger partial charge in [0.15, 0.2) is 0 Å². The molecule has 0 unspecified atom stereocenters. The Kier molecular flexibility index (Phi) is 5.38. The van der Waals surface area contributed by atoms with Crippen LogP contribution in [0.5, 0.6) is 5.75 Å². The fourth-order valence-electron chi connectivity index (χ4n) is 2.29. The fraction of sp³-hybridized carbons (Fsp3) is 0.105. The number of sulfonamides is 1. The Balaban J connectivity index is 1.67. The summed E-state index contributed by atoms with van der Waals surface area (Å²) >= 11 is 0. The lowest BCUT2D eigenvalue weighted by atomic mass is 10.3. The van der Waals surface area contributed by atoms with Crippen molar-refractivity contribution in [2.75, 3.05) is 16.6 Å². The van der Waals surface area contributed by atoms with E-state index in [1.807, 2.05) is 31.2 Å². The van der Waals surface area contributed by atoms with E-state index in [2.05, 4.69) is 15.0 Å². The quantitative estimate of drug-likeness (QED) is 0.657. The predicted molar refractivity (Wildman–Crippen MR) is 102 cm³/mol. The van der Waals surface area contributed by atoms with Gasteiger partial charge in [-0.1, -0.05) is 18.2 Å². The molecule has 3 aromatic rings. The summed E-state index contributed by atoms with van der Waals surface area (Å²) in [5.74, 6) is 1.41. The molecule has 2 aromatic carbocycles. The number of anilines is 3. The lowest BCUT2D eigenvalue weighted by Crippen LogP contribution is -2.13. The molecule has 0 amide bonds. The molecule has 0 radical (unpaired) electrons. The van der Waals surface area contributed by atoms with Gasteiger partial charge in [-0.05, 0) is 55.5 Å². The van der Waals surface area contributed by atoms with Crippen LogP contribution in [0.1, 0.15) is 6.92 Å². The van der Waals surface area contributed by atoms with E-state index in [1.165, 1.54) is 18.3 Å². The van der Waals surface area contributed by atoms with Gasteiger partial charge in [0.1, 0.15) is 11.6 Å². The number of rotatable bonds is 7. The van der Waals surface area contributed by atoms with Gasteiger partial charge in [0.2, 0.25) is 0 Å². The number of nitrogens with zero attached hydrogens (tertiary/aromatic N) is 1. The van der Waals surface area contributed by atoms with Gasteiger partial charge in [-0.15, -0.1) is 0 Å². The first-order valence-corrected chi connectivity index (χ1v) is 9.59. The number of hydrogen-bond donors (Lipinski definition) is 2. The smallest absolute Gasteiger partial charge is 0.261 e. The number of hydrogen-bond acceptors (Lipinski definition) is 5. The SMILES string of the molecule is CCOc1ccc(Nc2ccc(NS(=O)(=O)c3ccccc3)cn2)cc1. The average molecular weight is 369 g/mol. The lowest BCUT2D eigenvalue weighted by molar-refractivity contribution is 0.340. The third kappa shape index (κ3) is 4.52. The predicted octanol–water partition coefficient (Wildman–Crippen LogP) is 4.02. The zero-order chi connectivity index (χ0) is 18.4. The highest BCUT2D eigenvalue weighted by atomic mass is 32.2. The molecule has 0 fully saturated rings. The van der Waals surface area contributed by atoms with Crippen molar-refractivity contribution in [2.45, 2.75) is 11.8 Å². The van der Waals surface area contributed by atoms with E-state index < -0.39 is 10.0 Å². The van der Waals surface area contributed by atoms with E-state index in [-0.39, 0.29) is 4.90 Å². The van der Waals surface area contributed by atoms with Crippen LogP contribution in [-0.2, 0) is 10.0 Å². The van der Waals surface area contributed by atoms with Crippen LogP contribution >= 0.6 is 0 Å². The normalized spacial score (nSPS) is 11.0. The minimum absolute atomic E-state index is 0.205. The van der Waals surface area contributed by atoms with Crippen LogP contribution in [0.3, 0.4) is 0 Å². The summed E-state index contributed by atoms with van der Waals surface area (Å²) in [7, 11) is -3.62. The molecule has 26 heavy (non-hydrogen) atoms. The summed E-state index contributed by atoms with van der Waals surface area (Å²) in [6, 6.07) is 19.1. The third-order valence-corrected chi connectivity index (χ3v) is 4.90. The van der Waals surface area contributed by atoms with Gasteiger partial charge in [-0.25, -0.2) is 13.4 Å². The number of pyridine rings is 1. The van der Waals surface area contributed by atoms with Crippen LogP contribution in [0, 0.1) is 0 Å². The van der Waals surface area contributed by atoms with Gasteiger partial charge in [-0.3, -0.25) is 4.72 Å². The van der Waals surface area contributed by atoms with E-state index >= 15 is 0 Å². The highest BCUT2D eigenvalue weighted by Gasteiger charge is 2.13. The highest BCUT2D eigenvalue weighted by molar-refractivity contribution is 7.92. The van der Waals surface area contributed by atoms with Crippen LogP contribution < -0.4 is 14.8 Å². The van der Waals surface area contributed by atoms with Crippen molar-refractivity contribution in [3.05, 3.63) is 72.9 Å². The molecule has 1 heterocycles. The van der Waals surface area contributed by atoms with Crippen molar-refractivity contribution in [2.24, 2.45) is 0 Å². The molecule has 0 saturated carbocycles. The summed E-state index contributed by atoms with van der Waals surface area (Å²) in [5, 5.41) is 3.15. The molecule has 0 bridgehead atoms. The molecule has 1 aromatic heterocycles. The van der Waals surface area contributed by atoms with E-state index in [9.17, 15) is 8.42 Å². The molecular weight excluding hydrogens is 350 g/mol. The lowest BCUT2D eigenvalue weighted by Gasteiger charge is -2.10. The Morgan fingerprint density at radius 2 is 1.62 bits per heavy atom. The Morgan fingerprint density at radius 1 is 0.923 bits per heavy atom. The minimum Gasteiger partial charge on any atom is -0.494 e. The van der Waals surface area contributed by atoms with Crippen LogP contribution in [-0.4, -0.2) is 20.0 Å². The minimum atomic E-state index is -3.62. The van der Waals surface area contributed by atoms with Gasteiger partial charge in [-0.2, -0.15) is 0 Å². The summed E-state index contributed by atoms with van der Waals surface area (Å²) in [6.07, 6.45) is 1.47. The summed E-state index contributed by atoms with van der Waals surface area (Å²) in [4.78, 5) is 4.45.